The van der Waals surface area contributed by atoms with Crippen LogP contribution in [0.25, 0.3) is 38.2 Å². The second-order valence-electron chi connectivity index (χ2n) is 8.24. The smallest absolute Gasteiger partial charge is 0.250 e. The Labute approximate surface area is 250 Å². The summed E-state index contributed by atoms with van der Waals surface area (Å²) in [6.07, 6.45) is 2.95. The lowest BCUT2D eigenvalue weighted by molar-refractivity contribution is -0.115. The fourth-order valence-electron chi connectivity index (χ4n) is 3.66. The van der Waals surface area contributed by atoms with Gasteiger partial charge >= 0.3 is 0 Å². The van der Waals surface area contributed by atoms with Crippen molar-refractivity contribution in [3.05, 3.63) is 98.1 Å². The van der Waals surface area contributed by atoms with Gasteiger partial charge in [0.15, 0.2) is 5.11 Å². The van der Waals surface area contributed by atoms with Gasteiger partial charge in [-0.25, -0.2) is 4.98 Å². The van der Waals surface area contributed by atoms with Gasteiger partial charge in [-0.2, -0.15) is 0 Å². The van der Waals surface area contributed by atoms with Gasteiger partial charge in [0.2, 0.25) is 5.91 Å². The lowest BCUT2D eigenvalue weighted by Gasteiger charge is -2.14. The van der Waals surface area contributed by atoms with E-state index in [9.17, 15) is 4.79 Å². The van der Waals surface area contributed by atoms with Crippen LogP contribution in [0.5, 0.6) is 0 Å². The van der Waals surface area contributed by atoms with Crippen molar-refractivity contribution in [1.29, 1.82) is 0 Å². The molecule has 5 aromatic rings. The maximum absolute atomic E-state index is 12.6. The molecule has 0 bridgehead atoms. The number of furan rings is 1. The van der Waals surface area contributed by atoms with E-state index in [1.165, 1.54) is 6.08 Å². The summed E-state index contributed by atoms with van der Waals surface area (Å²) in [6.45, 7) is 1.94. The van der Waals surface area contributed by atoms with Crippen LogP contribution in [0.15, 0.2) is 86.2 Å². The zero-order valence-corrected chi connectivity index (χ0v) is 25.3. The van der Waals surface area contributed by atoms with Crippen LogP contribution in [0.3, 0.4) is 0 Å². The Morgan fingerprint density at radius 1 is 1.11 bits per heavy atom. The largest absolute Gasteiger partial charge is 0.457 e. The van der Waals surface area contributed by atoms with Crippen molar-refractivity contribution in [1.82, 2.24) is 10.3 Å². The van der Waals surface area contributed by atoms with E-state index >= 15 is 0 Å². The predicted octanol–water partition coefficient (Wildman–Crippen LogP) is 9.24. The van der Waals surface area contributed by atoms with Crippen LogP contribution in [-0.4, -0.2) is 16.0 Å². The molecule has 38 heavy (non-hydrogen) atoms. The number of aromatic nitrogens is 1. The number of fused-ring (bicyclic) bond motifs is 1. The number of thiocarbonyl (C=S) groups is 1. The van der Waals surface area contributed by atoms with Crippen molar-refractivity contribution >= 4 is 100 Å². The SMILES string of the molecule is Cc1ccc(-c2ccc(/C=C/C(=O)NC(=S)Nc3c(Br)cc(Br)cc3-c3nc4ccccc4s3)o2)cc1Cl. The number of para-hydroxylation sites is 1. The minimum atomic E-state index is -0.395. The van der Waals surface area contributed by atoms with Crippen LogP contribution in [0.4, 0.5) is 5.69 Å². The van der Waals surface area contributed by atoms with Gasteiger partial charge in [-0.1, -0.05) is 51.8 Å². The van der Waals surface area contributed by atoms with Crippen LogP contribution >= 0.6 is 67.0 Å². The summed E-state index contributed by atoms with van der Waals surface area (Å²) in [5.74, 6) is 0.791. The first-order valence-electron chi connectivity index (χ1n) is 11.3. The Morgan fingerprint density at radius 3 is 2.71 bits per heavy atom. The third-order valence-electron chi connectivity index (χ3n) is 5.54. The van der Waals surface area contributed by atoms with Crippen LogP contribution in [0.1, 0.15) is 11.3 Å². The Kier molecular flexibility index (Phi) is 8.11. The third-order valence-corrected chi connectivity index (χ3v) is 8.30. The summed E-state index contributed by atoms with van der Waals surface area (Å²) < 4.78 is 8.58. The molecule has 0 radical (unpaired) electrons. The Morgan fingerprint density at radius 2 is 1.92 bits per heavy atom. The average Bonchev–Trinajstić information content (AvgIpc) is 3.53. The molecule has 2 N–H and O–H groups in total. The third kappa shape index (κ3) is 6.08. The lowest BCUT2D eigenvalue weighted by atomic mass is 10.1. The van der Waals surface area contributed by atoms with E-state index in [0.29, 0.717) is 22.2 Å². The van der Waals surface area contributed by atoms with Crippen LogP contribution < -0.4 is 10.6 Å². The van der Waals surface area contributed by atoms with Gasteiger partial charge in [0, 0.05) is 31.2 Å². The standard InChI is InChI=1S/C28H18Br2ClN3O2S2/c1-15-6-7-16(12-21(15)31)23-10-8-18(36-23)9-11-25(35)33-28(37)34-26-19(13-17(29)14-20(26)30)27-32-22-4-2-3-5-24(22)38-27/h2-14H,1H3,(H2,33,34,35,37)/b11-9+. The molecule has 5 rings (SSSR count). The van der Waals surface area contributed by atoms with Crippen molar-refractivity contribution < 1.29 is 9.21 Å². The summed E-state index contributed by atoms with van der Waals surface area (Å²) in [4.78, 5) is 17.3. The van der Waals surface area contributed by atoms with Gasteiger partial charge in [-0.15, -0.1) is 11.3 Å². The Balaban J connectivity index is 1.29. The molecular formula is C28H18Br2ClN3O2S2. The van der Waals surface area contributed by atoms with Gasteiger partial charge in [0.05, 0.1) is 15.9 Å². The van der Waals surface area contributed by atoms with Gasteiger partial charge in [0.25, 0.3) is 0 Å². The topological polar surface area (TPSA) is 67.2 Å². The van der Waals surface area contributed by atoms with Gasteiger partial charge in [-0.05, 0) is 89.2 Å². The number of anilines is 1. The number of carbonyl (C=O) groups excluding carboxylic acids is 1. The number of hydrogen-bond acceptors (Lipinski definition) is 5. The lowest BCUT2D eigenvalue weighted by Crippen LogP contribution is -2.33. The summed E-state index contributed by atoms with van der Waals surface area (Å²) in [7, 11) is 0. The molecule has 0 saturated heterocycles. The maximum Gasteiger partial charge on any atom is 0.250 e. The highest BCUT2D eigenvalue weighted by Crippen LogP contribution is 2.40. The molecule has 0 fully saturated rings. The first-order valence-corrected chi connectivity index (χ1v) is 14.5. The van der Waals surface area contributed by atoms with Crippen molar-refractivity contribution in [2.45, 2.75) is 6.92 Å². The molecule has 0 atom stereocenters. The molecule has 10 heteroatoms. The number of rotatable bonds is 5. The number of aryl methyl sites for hydroxylation is 1. The minimum absolute atomic E-state index is 0.152. The van der Waals surface area contributed by atoms with E-state index < -0.39 is 5.91 Å². The molecule has 0 aliphatic rings. The number of hydrogen-bond donors (Lipinski definition) is 2. The molecule has 0 aliphatic carbocycles. The number of carbonyl (C=O) groups is 1. The van der Waals surface area contributed by atoms with Crippen molar-refractivity contribution in [2.24, 2.45) is 0 Å². The number of benzene rings is 3. The second-order valence-corrected chi connectivity index (χ2v) is 11.9. The highest BCUT2D eigenvalue weighted by molar-refractivity contribution is 9.11. The summed E-state index contributed by atoms with van der Waals surface area (Å²) >= 11 is 20.4. The maximum atomic E-state index is 12.6. The molecule has 2 aromatic heterocycles. The number of amides is 1. The molecule has 0 saturated carbocycles. The highest BCUT2D eigenvalue weighted by Gasteiger charge is 2.16. The molecule has 3 aromatic carbocycles. The van der Waals surface area contributed by atoms with Gasteiger partial charge in [-0.3, -0.25) is 10.1 Å². The molecule has 0 aliphatic heterocycles. The quantitative estimate of drug-likeness (QED) is 0.143. The monoisotopic (exact) mass is 685 g/mol. The number of halogens is 3. The molecule has 5 nitrogen and oxygen atoms in total. The van der Waals surface area contributed by atoms with Crippen LogP contribution in [0.2, 0.25) is 5.02 Å². The van der Waals surface area contributed by atoms with Gasteiger partial charge in [0.1, 0.15) is 16.5 Å². The van der Waals surface area contributed by atoms with E-state index in [-0.39, 0.29) is 5.11 Å². The Hall–Kier alpha value is -2.82. The second kappa shape index (κ2) is 11.5. The van der Waals surface area contributed by atoms with E-state index in [1.54, 1.807) is 23.5 Å². The van der Waals surface area contributed by atoms with Crippen molar-refractivity contribution in [2.75, 3.05) is 5.32 Å². The molecule has 190 valence electrons. The first-order chi connectivity index (χ1) is 18.3. The summed E-state index contributed by atoms with van der Waals surface area (Å²) in [5.41, 5.74) is 4.32. The van der Waals surface area contributed by atoms with Crippen LogP contribution in [-0.2, 0) is 4.79 Å². The number of nitrogens with zero attached hydrogens (tertiary/aromatic N) is 1. The highest BCUT2D eigenvalue weighted by atomic mass is 79.9. The van der Waals surface area contributed by atoms with E-state index in [4.69, 9.17) is 33.2 Å². The minimum Gasteiger partial charge on any atom is -0.457 e. The fourth-order valence-corrected chi connectivity index (χ4v) is 6.35. The van der Waals surface area contributed by atoms with E-state index in [1.807, 2.05) is 67.6 Å². The molecule has 2 heterocycles. The van der Waals surface area contributed by atoms with E-state index in [0.717, 1.165) is 40.9 Å². The van der Waals surface area contributed by atoms with Crippen molar-refractivity contribution in [3.63, 3.8) is 0 Å². The first kappa shape index (κ1) is 26.8. The van der Waals surface area contributed by atoms with Crippen LogP contribution in [0, 0.1) is 6.92 Å². The normalized spacial score (nSPS) is 11.3. The van der Waals surface area contributed by atoms with Gasteiger partial charge < -0.3 is 9.73 Å². The zero-order chi connectivity index (χ0) is 26.8. The summed E-state index contributed by atoms with van der Waals surface area (Å²) in [6, 6.07) is 21.2. The molecule has 1 amide bonds. The Bertz CT molecular complexity index is 1700. The molecular weight excluding hydrogens is 670 g/mol. The average molecular weight is 688 g/mol. The fraction of sp³-hybridized carbons (Fsp3) is 0.0357. The van der Waals surface area contributed by atoms with Crippen molar-refractivity contribution in [3.8, 4) is 21.9 Å². The van der Waals surface area contributed by atoms with E-state index in [2.05, 4.69) is 42.5 Å². The zero-order valence-electron chi connectivity index (χ0n) is 19.7. The number of thiazole rings is 1. The predicted molar refractivity (Wildman–Crippen MR) is 168 cm³/mol. The molecule has 0 spiro atoms. The number of nitrogens with one attached hydrogen (secondary N) is 2. The molecule has 0 unspecified atom stereocenters. The summed E-state index contributed by atoms with van der Waals surface area (Å²) in [5, 5.41) is 7.47.